The molecule has 3 aromatic rings. The van der Waals surface area contributed by atoms with Crippen molar-refractivity contribution in [3.63, 3.8) is 0 Å². The van der Waals surface area contributed by atoms with Crippen LogP contribution in [0.3, 0.4) is 0 Å². The van der Waals surface area contributed by atoms with E-state index in [2.05, 4.69) is 15.6 Å². The van der Waals surface area contributed by atoms with Crippen molar-refractivity contribution in [2.24, 2.45) is 4.99 Å². The van der Waals surface area contributed by atoms with Crippen LogP contribution in [0.1, 0.15) is 33.8 Å². The van der Waals surface area contributed by atoms with E-state index in [4.69, 9.17) is 9.47 Å². The minimum atomic E-state index is -0.645. The molecule has 1 atom stereocenters. The summed E-state index contributed by atoms with van der Waals surface area (Å²) < 4.78 is 11.2. The highest BCUT2D eigenvalue weighted by Gasteiger charge is 2.14. The number of fused-ring (bicyclic) bond motifs is 1. The molecule has 0 fully saturated rings. The van der Waals surface area contributed by atoms with E-state index in [-0.39, 0.29) is 0 Å². The maximum atomic E-state index is 12.0. The third kappa shape index (κ3) is 5.74. The van der Waals surface area contributed by atoms with Gasteiger partial charge >= 0.3 is 5.97 Å². The Morgan fingerprint density at radius 2 is 1.97 bits per heavy atom. The quantitative estimate of drug-likeness (QED) is 0.282. The van der Waals surface area contributed by atoms with Crippen LogP contribution in [0.5, 0.6) is 5.75 Å². The van der Waals surface area contributed by atoms with Gasteiger partial charge in [-0.05, 0) is 42.1 Å². The molecule has 31 heavy (non-hydrogen) atoms. The van der Waals surface area contributed by atoms with Crippen LogP contribution in [0.25, 0.3) is 10.1 Å². The lowest BCUT2D eigenvalue weighted by Crippen LogP contribution is -2.39. The summed E-state index contributed by atoms with van der Waals surface area (Å²) in [5, 5.41) is 18.1. The van der Waals surface area contributed by atoms with E-state index in [1.165, 1.54) is 14.2 Å². The molecule has 7 nitrogen and oxygen atoms in total. The Kier molecular flexibility index (Phi) is 7.86. The number of aliphatic hydroxyl groups excluding tert-OH is 1. The standard InChI is InChI=1S/C23H27N3O4S/c1-4-24-23(25-13-15-9-10-19(29-2)17(11-15)22(28)30-3)26-14-18(27)21-12-16-7-5-6-8-20(16)31-21/h5-12,18,27H,4,13-14H2,1-3H3,(H2,24,25,26). The molecule has 1 aromatic heterocycles. The minimum absolute atomic E-state index is 0.328. The van der Waals surface area contributed by atoms with E-state index >= 15 is 0 Å². The highest BCUT2D eigenvalue weighted by molar-refractivity contribution is 7.19. The van der Waals surface area contributed by atoms with Gasteiger partial charge < -0.3 is 25.2 Å². The van der Waals surface area contributed by atoms with Gasteiger partial charge in [-0.15, -0.1) is 11.3 Å². The summed E-state index contributed by atoms with van der Waals surface area (Å²) in [5.74, 6) is 0.577. The van der Waals surface area contributed by atoms with Crippen LogP contribution >= 0.6 is 11.3 Å². The van der Waals surface area contributed by atoms with Crippen LogP contribution < -0.4 is 15.4 Å². The van der Waals surface area contributed by atoms with Crippen LogP contribution in [-0.4, -0.2) is 44.3 Å². The van der Waals surface area contributed by atoms with Gasteiger partial charge in [-0.3, -0.25) is 0 Å². The number of guanidine groups is 1. The molecule has 0 amide bonds. The molecule has 0 aliphatic rings. The number of hydrogen-bond acceptors (Lipinski definition) is 6. The monoisotopic (exact) mass is 441 g/mol. The summed E-state index contributed by atoms with van der Waals surface area (Å²) >= 11 is 1.58. The largest absolute Gasteiger partial charge is 0.496 e. The van der Waals surface area contributed by atoms with Crippen LogP contribution in [0.15, 0.2) is 53.5 Å². The van der Waals surface area contributed by atoms with E-state index in [1.54, 1.807) is 23.5 Å². The molecular formula is C23H27N3O4S. The fourth-order valence-electron chi connectivity index (χ4n) is 3.10. The van der Waals surface area contributed by atoms with Crippen molar-refractivity contribution in [2.45, 2.75) is 19.6 Å². The van der Waals surface area contributed by atoms with E-state index in [0.717, 1.165) is 20.5 Å². The van der Waals surface area contributed by atoms with E-state index in [9.17, 15) is 9.90 Å². The SMILES string of the molecule is CCNC(=NCc1ccc(OC)c(C(=O)OC)c1)NCC(O)c1cc2ccccc2s1. The first kappa shape index (κ1) is 22.6. The van der Waals surface area contributed by atoms with Crippen molar-refractivity contribution in [3.8, 4) is 5.75 Å². The summed E-state index contributed by atoms with van der Waals surface area (Å²) in [4.78, 5) is 17.4. The normalized spacial score (nSPS) is 12.5. The molecule has 3 N–H and O–H groups in total. The number of benzene rings is 2. The van der Waals surface area contributed by atoms with Crippen LogP contribution in [-0.2, 0) is 11.3 Å². The van der Waals surface area contributed by atoms with Crippen molar-refractivity contribution in [2.75, 3.05) is 27.3 Å². The van der Waals surface area contributed by atoms with Gasteiger partial charge in [0.1, 0.15) is 17.4 Å². The first-order valence-electron chi connectivity index (χ1n) is 9.99. The fraction of sp³-hybridized carbons (Fsp3) is 0.304. The number of aliphatic imine (C=N–C) groups is 1. The number of carbonyl (C=O) groups is 1. The number of ether oxygens (including phenoxy) is 2. The van der Waals surface area contributed by atoms with Crippen molar-refractivity contribution in [1.29, 1.82) is 0 Å². The smallest absolute Gasteiger partial charge is 0.341 e. The molecule has 2 aromatic carbocycles. The Balaban J connectivity index is 1.67. The number of aliphatic hydroxyl groups is 1. The predicted molar refractivity (Wildman–Crippen MR) is 124 cm³/mol. The van der Waals surface area contributed by atoms with Gasteiger partial charge in [-0.1, -0.05) is 24.3 Å². The first-order chi connectivity index (χ1) is 15.0. The number of carbonyl (C=O) groups excluding carboxylic acids is 1. The van der Waals surface area contributed by atoms with Gasteiger partial charge in [0, 0.05) is 22.7 Å². The van der Waals surface area contributed by atoms with Gasteiger partial charge in [0.15, 0.2) is 5.96 Å². The Hall–Kier alpha value is -3.10. The number of thiophene rings is 1. The maximum absolute atomic E-state index is 12.0. The van der Waals surface area contributed by atoms with Crippen LogP contribution in [0, 0.1) is 0 Å². The summed E-state index contributed by atoms with van der Waals surface area (Å²) in [6, 6.07) is 15.4. The Morgan fingerprint density at radius 3 is 2.68 bits per heavy atom. The lowest BCUT2D eigenvalue weighted by Gasteiger charge is -2.14. The van der Waals surface area contributed by atoms with Gasteiger partial charge in [0.2, 0.25) is 0 Å². The molecule has 1 unspecified atom stereocenters. The summed E-state index contributed by atoms with van der Waals surface area (Å²) in [6.07, 6.45) is -0.645. The molecule has 164 valence electrons. The molecule has 0 saturated heterocycles. The second-order valence-corrected chi connectivity index (χ2v) is 7.92. The maximum Gasteiger partial charge on any atom is 0.341 e. The lowest BCUT2D eigenvalue weighted by atomic mass is 10.1. The van der Waals surface area contributed by atoms with E-state index in [0.29, 0.717) is 36.9 Å². The molecule has 0 radical (unpaired) electrons. The zero-order valence-corrected chi connectivity index (χ0v) is 18.7. The molecule has 0 spiro atoms. The summed E-state index contributed by atoms with van der Waals surface area (Å²) in [6.45, 7) is 3.33. The third-order valence-electron chi connectivity index (χ3n) is 4.67. The van der Waals surface area contributed by atoms with Gasteiger partial charge in [-0.2, -0.15) is 0 Å². The Bertz CT molecular complexity index is 1030. The lowest BCUT2D eigenvalue weighted by molar-refractivity contribution is 0.0597. The molecule has 8 heteroatoms. The zero-order valence-electron chi connectivity index (χ0n) is 17.8. The number of rotatable bonds is 8. The van der Waals surface area contributed by atoms with Crippen molar-refractivity contribution in [1.82, 2.24) is 10.6 Å². The second kappa shape index (κ2) is 10.8. The number of esters is 1. The first-order valence-corrected chi connectivity index (χ1v) is 10.8. The van der Waals surface area contributed by atoms with E-state index < -0.39 is 12.1 Å². The summed E-state index contributed by atoms with van der Waals surface area (Å²) in [7, 11) is 2.84. The molecule has 0 aliphatic heterocycles. The number of nitrogens with zero attached hydrogens (tertiary/aromatic N) is 1. The average molecular weight is 442 g/mol. The zero-order chi connectivity index (χ0) is 22.2. The molecule has 1 heterocycles. The Morgan fingerprint density at radius 1 is 1.16 bits per heavy atom. The van der Waals surface area contributed by atoms with Crippen molar-refractivity contribution >= 4 is 33.4 Å². The molecule has 3 rings (SSSR count). The fourth-order valence-corrected chi connectivity index (χ4v) is 4.15. The Labute approximate surface area is 185 Å². The highest BCUT2D eigenvalue weighted by Crippen LogP contribution is 2.29. The van der Waals surface area contributed by atoms with Crippen molar-refractivity contribution < 1.29 is 19.4 Å². The van der Waals surface area contributed by atoms with E-state index in [1.807, 2.05) is 43.3 Å². The molecule has 0 bridgehead atoms. The topological polar surface area (TPSA) is 92.2 Å². The minimum Gasteiger partial charge on any atom is -0.496 e. The van der Waals surface area contributed by atoms with Crippen LogP contribution in [0.2, 0.25) is 0 Å². The van der Waals surface area contributed by atoms with Gasteiger partial charge in [0.05, 0.1) is 20.8 Å². The highest BCUT2D eigenvalue weighted by atomic mass is 32.1. The number of nitrogens with one attached hydrogen (secondary N) is 2. The molecule has 0 aliphatic carbocycles. The van der Waals surface area contributed by atoms with Gasteiger partial charge in [0.25, 0.3) is 0 Å². The van der Waals surface area contributed by atoms with Crippen molar-refractivity contribution in [3.05, 3.63) is 64.5 Å². The average Bonchev–Trinajstić information content (AvgIpc) is 3.24. The molecular weight excluding hydrogens is 414 g/mol. The summed E-state index contributed by atoms with van der Waals surface area (Å²) in [5.41, 5.74) is 1.19. The predicted octanol–water partition coefficient (Wildman–Crippen LogP) is 3.49. The van der Waals surface area contributed by atoms with Gasteiger partial charge in [-0.25, -0.2) is 9.79 Å². The third-order valence-corrected chi connectivity index (χ3v) is 5.89. The number of methoxy groups -OCH3 is 2. The van der Waals surface area contributed by atoms with Crippen LogP contribution in [0.4, 0.5) is 0 Å². The second-order valence-electron chi connectivity index (χ2n) is 6.80. The molecule has 0 saturated carbocycles. The number of hydrogen-bond donors (Lipinski definition) is 3.